The molecular weight excluding hydrogens is 171 g/mol. The average Bonchev–Trinajstić information content (AvgIpc) is 1.84. The maximum Gasteiger partial charge on any atom is 0.401 e. The predicted octanol–water partition coefficient (Wildman–Crippen LogP) is -0.232. The molecule has 0 saturated heterocycles. The van der Waals surface area contributed by atoms with Crippen molar-refractivity contribution in [3.8, 4) is 0 Å². The van der Waals surface area contributed by atoms with Crippen LogP contribution in [0.2, 0.25) is 0 Å². The summed E-state index contributed by atoms with van der Waals surface area (Å²) in [4.78, 5) is 1.19. The highest BCUT2D eigenvalue weighted by atomic mass is 19.4. The molecule has 0 heterocycles. The molecule has 4 N–H and O–H groups in total. The second-order valence-corrected chi connectivity index (χ2v) is 2.47. The Hall–Kier alpha value is -0.330. The van der Waals surface area contributed by atoms with Gasteiger partial charge in [-0.2, -0.15) is 13.2 Å². The Morgan fingerprint density at radius 1 is 1.00 bits per heavy atom. The first-order valence-corrected chi connectivity index (χ1v) is 3.69. The Morgan fingerprint density at radius 2 is 1.42 bits per heavy atom. The van der Waals surface area contributed by atoms with Crippen LogP contribution in [0.1, 0.15) is 0 Å². The smallest absolute Gasteiger partial charge is 0.329 e. The number of hydrogen-bond donors (Lipinski definition) is 2. The third kappa shape index (κ3) is 6.38. The van der Waals surface area contributed by atoms with Crippen molar-refractivity contribution in [2.24, 2.45) is 11.5 Å². The molecule has 12 heavy (non-hydrogen) atoms. The molecule has 3 nitrogen and oxygen atoms in total. The van der Waals surface area contributed by atoms with Crippen LogP contribution < -0.4 is 11.5 Å². The number of alkyl halides is 3. The average molecular weight is 185 g/mol. The summed E-state index contributed by atoms with van der Waals surface area (Å²) in [5.41, 5.74) is 10.3. The Morgan fingerprint density at radius 3 is 1.67 bits per heavy atom. The highest BCUT2D eigenvalue weighted by Gasteiger charge is 2.29. The minimum Gasteiger partial charge on any atom is -0.329 e. The highest BCUT2D eigenvalue weighted by Crippen LogP contribution is 2.15. The fourth-order valence-electron chi connectivity index (χ4n) is 0.889. The molecule has 0 aliphatic carbocycles. The molecule has 0 aromatic carbocycles. The van der Waals surface area contributed by atoms with Crippen molar-refractivity contribution in [2.45, 2.75) is 6.18 Å². The summed E-state index contributed by atoms with van der Waals surface area (Å²) in [7, 11) is 0. The van der Waals surface area contributed by atoms with E-state index in [1.807, 2.05) is 0 Å². The van der Waals surface area contributed by atoms with Crippen molar-refractivity contribution < 1.29 is 13.2 Å². The van der Waals surface area contributed by atoms with Crippen molar-refractivity contribution in [2.75, 3.05) is 32.7 Å². The normalized spacial score (nSPS) is 12.5. The Bertz CT molecular complexity index is 109. The van der Waals surface area contributed by atoms with Crippen molar-refractivity contribution in [3.63, 3.8) is 0 Å². The van der Waals surface area contributed by atoms with Crippen LogP contribution in [0.4, 0.5) is 13.2 Å². The number of rotatable bonds is 5. The topological polar surface area (TPSA) is 55.3 Å². The first-order valence-electron chi connectivity index (χ1n) is 3.69. The van der Waals surface area contributed by atoms with Gasteiger partial charge in [-0.15, -0.1) is 0 Å². The summed E-state index contributed by atoms with van der Waals surface area (Å²) in [5, 5.41) is 0. The van der Waals surface area contributed by atoms with Gasteiger partial charge in [0.15, 0.2) is 0 Å². The first kappa shape index (κ1) is 11.7. The van der Waals surface area contributed by atoms with Crippen LogP contribution in [-0.2, 0) is 0 Å². The van der Waals surface area contributed by atoms with Crippen molar-refractivity contribution in [3.05, 3.63) is 0 Å². The van der Waals surface area contributed by atoms with E-state index in [9.17, 15) is 13.2 Å². The molecule has 0 fully saturated rings. The minimum absolute atomic E-state index is 0.218. The van der Waals surface area contributed by atoms with Crippen LogP contribution in [-0.4, -0.2) is 43.8 Å². The summed E-state index contributed by atoms with van der Waals surface area (Å²) in [5.74, 6) is 0. The van der Waals surface area contributed by atoms with Crippen LogP contribution in [0.5, 0.6) is 0 Å². The van der Waals surface area contributed by atoms with Gasteiger partial charge >= 0.3 is 6.18 Å². The van der Waals surface area contributed by atoms with Gasteiger partial charge in [-0.05, 0) is 0 Å². The molecule has 6 heteroatoms. The standard InChI is InChI=1S/C6H14F3N3/c7-6(8,9)5-12(3-1-10)4-2-11/h1-5,10-11H2. The molecule has 0 rings (SSSR count). The molecule has 0 atom stereocenters. The van der Waals surface area contributed by atoms with E-state index in [-0.39, 0.29) is 26.2 Å². The van der Waals surface area contributed by atoms with E-state index in [0.717, 1.165) is 0 Å². The Labute approximate surface area is 69.5 Å². The van der Waals surface area contributed by atoms with E-state index in [2.05, 4.69) is 0 Å². The van der Waals surface area contributed by atoms with Gasteiger partial charge in [-0.25, -0.2) is 0 Å². The van der Waals surface area contributed by atoms with E-state index in [4.69, 9.17) is 11.5 Å². The van der Waals surface area contributed by atoms with Crippen LogP contribution >= 0.6 is 0 Å². The lowest BCUT2D eigenvalue weighted by atomic mass is 10.4. The summed E-state index contributed by atoms with van der Waals surface area (Å²) in [6.07, 6.45) is -4.16. The molecule has 0 aliphatic heterocycles. The molecule has 0 amide bonds. The van der Waals surface area contributed by atoms with Gasteiger partial charge in [-0.1, -0.05) is 0 Å². The molecule has 74 valence electrons. The van der Waals surface area contributed by atoms with Crippen LogP contribution in [0.3, 0.4) is 0 Å². The lowest BCUT2D eigenvalue weighted by molar-refractivity contribution is -0.145. The summed E-state index contributed by atoms with van der Waals surface area (Å²) < 4.78 is 35.5. The molecule has 0 spiro atoms. The van der Waals surface area contributed by atoms with Crippen molar-refractivity contribution in [1.82, 2.24) is 4.90 Å². The number of nitrogens with two attached hydrogens (primary N) is 2. The van der Waals surface area contributed by atoms with Gasteiger partial charge in [0.2, 0.25) is 0 Å². The Kier molecular flexibility index (Phi) is 5.19. The van der Waals surface area contributed by atoms with E-state index in [0.29, 0.717) is 0 Å². The Balaban J connectivity index is 3.77. The third-order valence-electron chi connectivity index (χ3n) is 1.29. The molecule has 0 aromatic heterocycles. The zero-order valence-corrected chi connectivity index (χ0v) is 6.77. The monoisotopic (exact) mass is 185 g/mol. The SMILES string of the molecule is NCCN(CCN)CC(F)(F)F. The lowest BCUT2D eigenvalue weighted by Gasteiger charge is -2.21. The summed E-state index contributed by atoms with van der Waals surface area (Å²) >= 11 is 0. The van der Waals surface area contributed by atoms with E-state index in [1.54, 1.807) is 0 Å². The van der Waals surface area contributed by atoms with Gasteiger partial charge in [0.25, 0.3) is 0 Å². The van der Waals surface area contributed by atoms with Crippen LogP contribution in [0, 0.1) is 0 Å². The van der Waals surface area contributed by atoms with Crippen molar-refractivity contribution in [1.29, 1.82) is 0 Å². The van der Waals surface area contributed by atoms with Gasteiger partial charge in [0.1, 0.15) is 0 Å². The molecule has 0 radical (unpaired) electrons. The van der Waals surface area contributed by atoms with Gasteiger partial charge in [0, 0.05) is 26.2 Å². The summed E-state index contributed by atoms with van der Waals surface area (Å²) in [6, 6.07) is 0. The van der Waals surface area contributed by atoms with Crippen molar-refractivity contribution >= 4 is 0 Å². The molecule has 0 aliphatic rings. The molecule has 0 saturated carbocycles. The predicted molar refractivity (Wildman–Crippen MR) is 40.6 cm³/mol. The maximum absolute atomic E-state index is 11.8. The second-order valence-electron chi connectivity index (χ2n) is 2.47. The number of hydrogen-bond acceptors (Lipinski definition) is 3. The number of nitrogens with zero attached hydrogens (tertiary/aromatic N) is 1. The third-order valence-corrected chi connectivity index (χ3v) is 1.29. The van der Waals surface area contributed by atoms with E-state index >= 15 is 0 Å². The molecule has 0 unspecified atom stereocenters. The summed E-state index contributed by atoms with van der Waals surface area (Å²) in [6.45, 7) is -0.0268. The molecule has 0 bridgehead atoms. The largest absolute Gasteiger partial charge is 0.401 e. The van der Waals surface area contributed by atoms with Crippen LogP contribution in [0.25, 0.3) is 0 Å². The number of halogens is 3. The second kappa shape index (κ2) is 5.34. The molecular formula is C6H14F3N3. The fourth-order valence-corrected chi connectivity index (χ4v) is 0.889. The highest BCUT2D eigenvalue weighted by molar-refractivity contribution is 4.63. The van der Waals surface area contributed by atoms with E-state index < -0.39 is 12.7 Å². The molecule has 0 aromatic rings. The minimum atomic E-state index is -4.16. The van der Waals surface area contributed by atoms with Gasteiger partial charge in [-0.3, -0.25) is 4.90 Å². The first-order chi connectivity index (χ1) is 5.49. The maximum atomic E-state index is 11.8. The quantitative estimate of drug-likeness (QED) is 0.622. The van der Waals surface area contributed by atoms with E-state index in [1.165, 1.54) is 4.90 Å². The zero-order valence-electron chi connectivity index (χ0n) is 6.77. The zero-order chi connectivity index (χ0) is 9.61. The van der Waals surface area contributed by atoms with Gasteiger partial charge in [0.05, 0.1) is 6.54 Å². The fraction of sp³-hybridized carbons (Fsp3) is 1.00. The van der Waals surface area contributed by atoms with Gasteiger partial charge < -0.3 is 11.5 Å². The lowest BCUT2D eigenvalue weighted by Crippen LogP contribution is -2.40. The van der Waals surface area contributed by atoms with Crippen LogP contribution in [0.15, 0.2) is 0 Å².